The maximum Gasteiger partial charge on any atom is 0.472 e. The Kier molecular flexibility index (Phi) is 66.0. The highest BCUT2D eigenvalue weighted by Gasteiger charge is 2.27. The van der Waals surface area contributed by atoms with Gasteiger partial charge in [-0.25, -0.2) is 4.57 Å². The van der Waals surface area contributed by atoms with E-state index in [9.17, 15) is 19.0 Å². The van der Waals surface area contributed by atoms with Crippen molar-refractivity contribution < 1.29 is 42.1 Å². The SMILES string of the molecule is CC/C=C\C/C=C\C/C=C\C/C=C\C/C=C\C/C=C\C/C=C\C/C=C\C/C=C\C/C=C\C/C=C\C/C=C\CCCCCCC(=O)OC(COC(=O)CCC/C=C\C/C=C\C/C=C\C/C=C\C/C=C\C/C=C\C/C=C\C/C=C\C/C=C\CC)COP(=O)(O)OCC[N+](C)(C)C. The average molecular weight is 1310 g/mol. The third kappa shape index (κ3) is 74.6. The normalized spacial score (nSPS) is 14.7. The number of phosphoric acid groups is 1. The maximum absolute atomic E-state index is 12.9. The minimum absolute atomic E-state index is 0.00168. The number of rotatable bonds is 61. The molecule has 0 heterocycles. The summed E-state index contributed by atoms with van der Waals surface area (Å²) in [4.78, 5) is 35.8. The lowest BCUT2D eigenvalue weighted by molar-refractivity contribution is -0.870. The summed E-state index contributed by atoms with van der Waals surface area (Å²) in [7, 11) is 1.39. The van der Waals surface area contributed by atoms with Crippen molar-refractivity contribution in [2.75, 3.05) is 47.5 Å². The molecule has 2 atom stereocenters. The van der Waals surface area contributed by atoms with Crippen LogP contribution in [0.3, 0.4) is 0 Å². The molecule has 520 valence electrons. The number of nitrogens with zero attached hydrogens (tertiary/aromatic N) is 1. The highest BCUT2D eigenvalue weighted by atomic mass is 31.2. The van der Waals surface area contributed by atoms with Gasteiger partial charge in [-0.2, -0.15) is 0 Å². The second-order valence-corrected chi connectivity index (χ2v) is 24.9. The number of esters is 2. The van der Waals surface area contributed by atoms with Crippen molar-refractivity contribution in [3.8, 4) is 0 Å². The Hall–Kier alpha value is -6.45. The number of unbranched alkanes of at least 4 members (excludes halogenated alkanes) is 5. The van der Waals surface area contributed by atoms with Crippen LogP contribution in [0.1, 0.15) is 206 Å². The summed E-state index contributed by atoms with van der Waals surface area (Å²) in [5, 5.41) is 0. The van der Waals surface area contributed by atoms with E-state index in [0.717, 1.165) is 161 Å². The molecule has 0 amide bonds. The Balaban J connectivity index is 4.30. The van der Waals surface area contributed by atoms with Crippen molar-refractivity contribution in [2.24, 2.45) is 0 Å². The molecule has 94 heavy (non-hydrogen) atoms. The molecule has 0 rings (SSSR count). The largest absolute Gasteiger partial charge is 0.472 e. The summed E-state index contributed by atoms with van der Waals surface area (Å²) < 4.78 is 34.6. The van der Waals surface area contributed by atoms with E-state index >= 15 is 0 Å². The molecule has 0 fully saturated rings. The Morgan fingerprint density at radius 3 is 0.872 bits per heavy atom. The lowest BCUT2D eigenvalue weighted by Crippen LogP contribution is -2.37. The van der Waals surface area contributed by atoms with E-state index in [-0.39, 0.29) is 26.1 Å². The smallest absolute Gasteiger partial charge is 0.462 e. The van der Waals surface area contributed by atoms with Crippen LogP contribution in [0.5, 0.6) is 0 Å². The van der Waals surface area contributed by atoms with Crippen LogP contribution < -0.4 is 0 Å². The van der Waals surface area contributed by atoms with Crippen molar-refractivity contribution in [1.82, 2.24) is 0 Å². The number of carbonyl (C=O) groups excluding carboxylic acids is 2. The third-order valence-electron chi connectivity index (χ3n) is 13.6. The van der Waals surface area contributed by atoms with E-state index in [1.54, 1.807) is 0 Å². The predicted octanol–water partition coefficient (Wildman–Crippen LogP) is 23.7. The van der Waals surface area contributed by atoms with Crippen molar-refractivity contribution in [3.63, 3.8) is 0 Å². The molecule has 10 heteroatoms. The molecule has 2 unspecified atom stereocenters. The predicted molar refractivity (Wildman–Crippen MR) is 407 cm³/mol. The van der Waals surface area contributed by atoms with Gasteiger partial charge in [0.25, 0.3) is 0 Å². The van der Waals surface area contributed by atoms with Gasteiger partial charge in [0.15, 0.2) is 6.10 Å². The van der Waals surface area contributed by atoms with Gasteiger partial charge in [-0.15, -0.1) is 0 Å². The Morgan fingerprint density at radius 1 is 0.330 bits per heavy atom. The first-order valence-electron chi connectivity index (χ1n) is 35.4. The summed E-state index contributed by atoms with van der Waals surface area (Å²) in [5.41, 5.74) is 0. The van der Waals surface area contributed by atoms with Crippen molar-refractivity contribution >= 4 is 19.8 Å². The Bertz CT molecular complexity index is 2540. The number of hydrogen-bond donors (Lipinski definition) is 1. The van der Waals surface area contributed by atoms with Crippen LogP contribution in [0.15, 0.2) is 255 Å². The second kappa shape index (κ2) is 70.9. The van der Waals surface area contributed by atoms with Crippen LogP contribution >= 0.6 is 7.82 Å². The first-order valence-corrected chi connectivity index (χ1v) is 36.9. The van der Waals surface area contributed by atoms with Gasteiger partial charge < -0.3 is 18.9 Å². The van der Waals surface area contributed by atoms with Gasteiger partial charge in [0.05, 0.1) is 27.7 Å². The van der Waals surface area contributed by atoms with Gasteiger partial charge in [0.2, 0.25) is 0 Å². The van der Waals surface area contributed by atoms with Crippen LogP contribution in [0.25, 0.3) is 0 Å². The minimum atomic E-state index is -4.43. The van der Waals surface area contributed by atoms with E-state index in [0.29, 0.717) is 30.3 Å². The number of likely N-dealkylation sites (N-methyl/N-ethyl adjacent to an activating group) is 1. The molecule has 0 saturated carbocycles. The third-order valence-corrected chi connectivity index (χ3v) is 14.5. The van der Waals surface area contributed by atoms with Crippen LogP contribution in [-0.4, -0.2) is 74.9 Å². The quantitative estimate of drug-likeness (QED) is 0.0211. The molecule has 0 radical (unpaired) electrons. The molecule has 0 aromatic rings. The zero-order chi connectivity index (χ0) is 68.3. The van der Waals surface area contributed by atoms with Gasteiger partial charge >= 0.3 is 19.8 Å². The van der Waals surface area contributed by atoms with Crippen LogP contribution in [0, 0.1) is 0 Å². The summed E-state index contributed by atoms with van der Waals surface area (Å²) in [6, 6.07) is 0. The first kappa shape index (κ1) is 87.5. The zero-order valence-electron chi connectivity index (χ0n) is 59.1. The summed E-state index contributed by atoms with van der Waals surface area (Å²) in [6.07, 6.45) is 118. The van der Waals surface area contributed by atoms with Crippen molar-refractivity contribution in [1.29, 1.82) is 0 Å². The topological polar surface area (TPSA) is 108 Å². The summed E-state index contributed by atoms with van der Waals surface area (Å²) in [5.74, 6) is -0.921. The first-order chi connectivity index (χ1) is 46.0. The van der Waals surface area contributed by atoms with Gasteiger partial charge in [-0.1, -0.05) is 282 Å². The zero-order valence-corrected chi connectivity index (χ0v) is 60.0. The van der Waals surface area contributed by atoms with Crippen LogP contribution in [0.2, 0.25) is 0 Å². The molecule has 0 aliphatic rings. The molecule has 0 spiro atoms. The molecular weight excluding hydrogens is 1180 g/mol. The number of carbonyl (C=O) groups is 2. The van der Waals surface area contributed by atoms with E-state index in [4.69, 9.17) is 18.5 Å². The molecule has 0 aliphatic carbocycles. The fraction of sp³-hybridized carbons (Fsp3) is 0.476. The molecule has 0 aliphatic heterocycles. The van der Waals surface area contributed by atoms with Gasteiger partial charge in [0, 0.05) is 12.8 Å². The molecule has 0 aromatic carbocycles. The fourth-order valence-corrected chi connectivity index (χ4v) is 8.97. The van der Waals surface area contributed by atoms with Gasteiger partial charge in [-0.05, 0) is 167 Å². The van der Waals surface area contributed by atoms with E-state index < -0.39 is 32.5 Å². The summed E-state index contributed by atoms with van der Waals surface area (Å²) >= 11 is 0. The number of quaternary nitrogens is 1. The Labute approximate surface area is 574 Å². The van der Waals surface area contributed by atoms with Crippen LogP contribution in [-0.2, 0) is 32.7 Å². The highest BCUT2D eigenvalue weighted by molar-refractivity contribution is 7.47. The van der Waals surface area contributed by atoms with Crippen molar-refractivity contribution in [2.45, 2.75) is 213 Å². The highest BCUT2D eigenvalue weighted by Crippen LogP contribution is 2.43. The number of hydrogen-bond acceptors (Lipinski definition) is 7. The fourth-order valence-electron chi connectivity index (χ4n) is 8.23. The lowest BCUT2D eigenvalue weighted by atomic mass is 10.1. The minimum Gasteiger partial charge on any atom is -0.462 e. The number of allylic oxidation sites excluding steroid dienone is 42. The van der Waals surface area contributed by atoms with Gasteiger partial charge in [0.1, 0.15) is 19.8 Å². The van der Waals surface area contributed by atoms with E-state index in [2.05, 4.69) is 269 Å². The average Bonchev–Trinajstić information content (AvgIpc) is 1.57. The van der Waals surface area contributed by atoms with Gasteiger partial charge in [-0.3, -0.25) is 18.6 Å². The number of phosphoric ester groups is 1. The second-order valence-electron chi connectivity index (χ2n) is 23.4. The van der Waals surface area contributed by atoms with E-state index in [1.165, 1.54) is 0 Å². The number of ether oxygens (including phenoxy) is 2. The van der Waals surface area contributed by atoms with E-state index in [1.807, 2.05) is 21.1 Å². The molecule has 9 nitrogen and oxygen atoms in total. The molecule has 1 N–H and O–H groups in total. The standard InChI is InChI=1S/C84H126NO8P/c1-6-8-10-12-14-16-18-20-22-24-26-28-30-32-34-36-37-38-39-40-41-42-43-44-45-46-47-49-51-53-55-57-59-61-63-65-67-69-71-73-75-77-84(87)93-82(81-92-94(88,89)91-79-78-85(3,4)5)80-90-83(86)76-74-72-70-68-66-64-62-60-58-56-54-52-50-48-35-33-31-29-27-25-23-21-19-17-15-13-11-9-7-2/h8-11,14-17,20-23,26-29,32-35,37-38,40-41,43-44,46-47,50-53,56-59,62-65,68,70,82H,6-7,12-13,18-19,24-25,30-31,36,39,42,45,48-49,54-55,60-61,66-67,69,71-81H2,1-5H3/p+1/b10-8-,11-9-,16-14-,17-15-,22-20-,23-21-,28-26-,29-27-,34-32-,35-33-,38-37-,41-40-,44-43-,47-46-,52-50-,53-51-,58-56-,59-57-,64-62-,65-63-,70-68-. The lowest BCUT2D eigenvalue weighted by Gasteiger charge is -2.24. The molecular formula is C84H127NO8P+. The Morgan fingerprint density at radius 2 is 0.585 bits per heavy atom. The molecule has 0 aromatic heterocycles. The van der Waals surface area contributed by atoms with Crippen LogP contribution in [0.4, 0.5) is 0 Å². The monoisotopic (exact) mass is 1310 g/mol. The van der Waals surface area contributed by atoms with Crippen molar-refractivity contribution in [3.05, 3.63) is 255 Å². The molecule has 0 bridgehead atoms. The summed E-state index contributed by atoms with van der Waals surface area (Å²) in [6.45, 7) is 4.06. The molecule has 0 saturated heterocycles. The maximum atomic E-state index is 12.9.